The summed E-state index contributed by atoms with van der Waals surface area (Å²) in [7, 11) is 0. The highest BCUT2D eigenvalue weighted by Crippen LogP contribution is 2.36. The molecule has 0 spiro atoms. The van der Waals surface area contributed by atoms with E-state index in [2.05, 4.69) is 20.9 Å². The molecule has 0 aliphatic carbocycles. The van der Waals surface area contributed by atoms with Gasteiger partial charge < -0.3 is 10.6 Å². The fourth-order valence-corrected chi connectivity index (χ4v) is 3.10. The van der Waals surface area contributed by atoms with E-state index in [4.69, 9.17) is 17.3 Å². The van der Waals surface area contributed by atoms with Crippen LogP contribution < -0.4 is 10.6 Å². The molecule has 0 amide bonds. The van der Waals surface area contributed by atoms with Gasteiger partial charge in [0.2, 0.25) is 0 Å². The van der Waals surface area contributed by atoms with E-state index < -0.39 is 0 Å². The Morgan fingerprint density at radius 3 is 2.81 bits per heavy atom. The van der Waals surface area contributed by atoms with Crippen molar-refractivity contribution < 1.29 is 4.39 Å². The number of guanidine groups is 1. The van der Waals surface area contributed by atoms with Crippen LogP contribution in [-0.4, -0.2) is 12.5 Å². The Morgan fingerprint density at radius 1 is 1.29 bits per heavy atom. The summed E-state index contributed by atoms with van der Waals surface area (Å²) >= 11 is 9.49. The molecule has 0 fully saturated rings. The molecule has 1 aliphatic heterocycles. The number of halogens is 3. The van der Waals surface area contributed by atoms with Crippen molar-refractivity contribution in [1.82, 2.24) is 0 Å². The van der Waals surface area contributed by atoms with E-state index in [9.17, 15) is 4.39 Å². The van der Waals surface area contributed by atoms with Crippen molar-refractivity contribution in [3.63, 3.8) is 0 Å². The van der Waals surface area contributed by atoms with E-state index in [-0.39, 0.29) is 11.9 Å². The lowest BCUT2D eigenvalue weighted by Gasteiger charge is -2.27. The summed E-state index contributed by atoms with van der Waals surface area (Å²) in [6.45, 7) is 0.393. The van der Waals surface area contributed by atoms with Crippen LogP contribution in [0.15, 0.2) is 51.9 Å². The minimum Gasteiger partial charge on any atom is -0.369 e. The second-order valence-electron chi connectivity index (χ2n) is 4.70. The fourth-order valence-electron chi connectivity index (χ4n) is 2.44. The average Bonchev–Trinajstić information content (AvgIpc) is 2.84. The first-order chi connectivity index (χ1) is 10.1. The Bertz CT molecular complexity index is 720. The number of hydrogen-bond donors (Lipinski definition) is 1. The number of rotatable bonds is 2. The van der Waals surface area contributed by atoms with Crippen LogP contribution >= 0.6 is 27.5 Å². The molecule has 2 aromatic rings. The summed E-state index contributed by atoms with van der Waals surface area (Å²) in [4.78, 5) is 6.07. The lowest BCUT2D eigenvalue weighted by molar-refractivity contribution is 0.589. The molecule has 3 nitrogen and oxygen atoms in total. The largest absolute Gasteiger partial charge is 0.369 e. The zero-order valence-electron chi connectivity index (χ0n) is 10.9. The molecule has 1 atom stereocenters. The Kier molecular flexibility index (Phi) is 3.87. The molecule has 2 aromatic carbocycles. The summed E-state index contributed by atoms with van der Waals surface area (Å²) in [5.74, 6) is 0.0534. The highest BCUT2D eigenvalue weighted by molar-refractivity contribution is 9.10. The molecule has 6 heteroatoms. The molecule has 2 N–H and O–H groups in total. The second kappa shape index (κ2) is 5.66. The van der Waals surface area contributed by atoms with Crippen LogP contribution in [0.2, 0.25) is 5.02 Å². The van der Waals surface area contributed by atoms with Gasteiger partial charge in [0, 0.05) is 15.1 Å². The van der Waals surface area contributed by atoms with Crippen molar-refractivity contribution >= 4 is 39.2 Å². The topological polar surface area (TPSA) is 41.6 Å². The van der Waals surface area contributed by atoms with Crippen molar-refractivity contribution in [2.24, 2.45) is 10.7 Å². The van der Waals surface area contributed by atoms with Gasteiger partial charge >= 0.3 is 0 Å². The first kappa shape index (κ1) is 14.4. The van der Waals surface area contributed by atoms with Gasteiger partial charge in [-0.3, -0.25) is 4.99 Å². The molecule has 21 heavy (non-hydrogen) atoms. The minimum absolute atomic E-state index is 0.303. The molecular weight excluding hydrogens is 357 g/mol. The number of nitrogens with zero attached hydrogens (tertiary/aromatic N) is 2. The average molecular weight is 369 g/mol. The van der Waals surface area contributed by atoms with Gasteiger partial charge in [-0.15, -0.1) is 0 Å². The zero-order chi connectivity index (χ0) is 15.0. The number of anilines is 1. The molecule has 1 aliphatic rings. The molecule has 3 rings (SSSR count). The monoisotopic (exact) mass is 367 g/mol. The van der Waals surface area contributed by atoms with Gasteiger partial charge in [0.15, 0.2) is 5.96 Å². The molecule has 108 valence electrons. The van der Waals surface area contributed by atoms with Crippen LogP contribution in [-0.2, 0) is 0 Å². The maximum Gasteiger partial charge on any atom is 0.196 e. The van der Waals surface area contributed by atoms with Crippen molar-refractivity contribution in [3.05, 3.63) is 63.3 Å². The maximum atomic E-state index is 14.1. The number of hydrogen-bond acceptors (Lipinski definition) is 3. The lowest BCUT2D eigenvalue weighted by Crippen LogP contribution is -2.36. The van der Waals surface area contributed by atoms with E-state index in [1.165, 1.54) is 12.1 Å². The summed E-state index contributed by atoms with van der Waals surface area (Å²) < 4.78 is 15.0. The third-order valence-corrected chi connectivity index (χ3v) is 4.32. The summed E-state index contributed by atoms with van der Waals surface area (Å²) in [5, 5.41) is 0.490. The predicted molar refractivity (Wildman–Crippen MR) is 87.3 cm³/mol. The molecule has 1 unspecified atom stereocenters. The minimum atomic E-state index is -0.314. The van der Waals surface area contributed by atoms with Crippen LogP contribution in [0.3, 0.4) is 0 Å². The van der Waals surface area contributed by atoms with Crippen LogP contribution in [0.25, 0.3) is 0 Å². The first-order valence-electron chi connectivity index (χ1n) is 6.36. The third-order valence-electron chi connectivity index (χ3n) is 3.41. The molecular formula is C15H12BrClFN3. The smallest absolute Gasteiger partial charge is 0.196 e. The fraction of sp³-hybridized carbons (Fsp3) is 0.133. The summed E-state index contributed by atoms with van der Waals surface area (Å²) in [5.41, 5.74) is 7.33. The quantitative estimate of drug-likeness (QED) is 0.866. The Balaban J connectivity index is 2.07. The van der Waals surface area contributed by atoms with Crippen LogP contribution in [0.1, 0.15) is 11.6 Å². The number of aliphatic imine (C=N–C) groups is 1. The van der Waals surface area contributed by atoms with E-state index >= 15 is 0 Å². The predicted octanol–water partition coefficient (Wildman–Crippen LogP) is 4.12. The molecule has 0 saturated carbocycles. The van der Waals surface area contributed by atoms with E-state index in [0.29, 0.717) is 23.1 Å². The van der Waals surface area contributed by atoms with Gasteiger partial charge in [-0.25, -0.2) is 4.39 Å². The molecule has 1 heterocycles. The van der Waals surface area contributed by atoms with E-state index in [0.717, 1.165) is 10.2 Å². The number of nitrogens with two attached hydrogens (primary N) is 1. The highest BCUT2D eigenvalue weighted by Gasteiger charge is 2.31. The van der Waals surface area contributed by atoms with Crippen LogP contribution in [0.4, 0.5) is 10.1 Å². The molecule has 0 radical (unpaired) electrons. The van der Waals surface area contributed by atoms with Gasteiger partial charge in [0.1, 0.15) is 5.82 Å². The number of benzene rings is 2. The van der Waals surface area contributed by atoms with Gasteiger partial charge in [-0.2, -0.15) is 0 Å². The van der Waals surface area contributed by atoms with Crippen LogP contribution in [0.5, 0.6) is 0 Å². The molecule has 0 aromatic heterocycles. The van der Waals surface area contributed by atoms with Gasteiger partial charge in [0.05, 0.1) is 18.3 Å². The molecule has 0 bridgehead atoms. The number of para-hydroxylation sites is 1. The van der Waals surface area contributed by atoms with Gasteiger partial charge in [-0.1, -0.05) is 23.7 Å². The van der Waals surface area contributed by atoms with Crippen molar-refractivity contribution in [3.8, 4) is 0 Å². The van der Waals surface area contributed by atoms with Gasteiger partial charge in [-0.05, 0) is 46.3 Å². The normalized spacial score (nSPS) is 18.0. The van der Waals surface area contributed by atoms with Crippen molar-refractivity contribution in [2.45, 2.75) is 6.04 Å². The third kappa shape index (κ3) is 2.63. The van der Waals surface area contributed by atoms with Gasteiger partial charge in [0.25, 0.3) is 0 Å². The SMILES string of the molecule is NC1=NCC(c2cc(Cl)ccc2F)N1c1ccccc1Br. The van der Waals surface area contributed by atoms with E-state index in [1.54, 1.807) is 6.07 Å². The standard InChI is InChI=1S/C15H12BrClFN3/c16-11-3-1-2-4-13(11)21-14(8-20-15(21)19)10-7-9(17)5-6-12(10)18/h1-7,14H,8H2,(H2,19,20). The maximum absolute atomic E-state index is 14.1. The second-order valence-corrected chi connectivity index (χ2v) is 5.99. The Morgan fingerprint density at radius 2 is 2.05 bits per heavy atom. The van der Waals surface area contributed by atoms with Crippen molar-refractivity contribution in [1.29, 1.82) is 0 Å². The van der Waals surface area contributed by atoms with Crippen molar-refractivity contribution in [2.75, 3.05) is 11.4 Å². The molecule has 0 saturated heterocycles. The summed E-state index contributed by atoms with van der Waals surface area (Å²) in [6.07, 6.45) is 0. The highest BCUT2D eigenvalue weighted by atomic mass is 79.9. The van der Waals surface area contributed by atoms with E-state index in [1.807, 2.05) is 29.2 Å². The van der Waals surface area contributed by atoms with Crippen LogP contribution in [0, 0.1) is 5.82 Å². The lowest BCUT2D eigenvalue weighted by atomic mass is 10.0. The zero-order valence-corrected chi connectivity index (χ0v) is 13.3. The summed E-state index contributed by atoms with van der Waals surface area (Å²) in [6, 6.07) is 11.8. The Labute approximate surface area is 135 Å². The first-order valence-corrected chi connectivity index (χ1v) is 7.53. The Hall–Kier alpha value is -1.59.